The number of piperidine rings is 1. The van der Waals surface area contributed by atoms with Crippen LogP contribution in [0.15, 0.2) is 41.7 Å². The summed E-state index contributed by atoms with van der Waals surface area (Å²) in [7, 11) is -1.42. The van der Waals surface area contributed by atoms with Crippen LogP contribution in [0, 0.1) is 0 Å². The Labute approximate surface area is 167 Å². The molecular formula is C20H26N6OS. The van der Waals surface area contributed by atoms with Crippen LogP contribution in [-0.2, 0) is 11.0 Å². The third-order valence-electron chi connectivity index (χ3n) is 5.42. The minimum atomic E-state index is -1.42. The van der Waals surface area contributed by atoms with Gasteiger partial charge in [0.15, 0.2) is 16.6 Å². The Morgan fingerprint density at radius 3 is 3.04 bits per heavy atom. The van der Waals surface area contributed by atoms with E-state index in [4.69, 9.17) is 4.98 Å². The van der Waals surface area contributed by atoms with Crippen LogP contribution in [0.2, 0.25) is 0 Å². The fourth-order valence-corrected chi connectivity index (χ4v) is 4.37. The largest absolute Gasteiger partial charge is 0.316 e. The van der Waals surface area contributed by atoms with Crippen LogP contribution in [0.25, 0.3) is 5.65 Å². The monoisotopic (exact) mass is 398 g/mol. The molecule has 1 aliphatic heterocycles. The van der Waals surface area contributed by atoms with Crippen molar-refractivity contribution < 1.29 is 4.21 Å². The van der Waals surface area contributed by atoms with Crippen molar-refractivity contribution in [3.63, 3.8) is 0 Å². The second-order valence-corrected chi connectivity index (χ2v) is 8.53. The van der Waals surface area contributed by atoms with Crippen molar-refractivity contribution in [1.29, 1.82) is 0 Å². The van der Waals surface area contributed by atoms with Crippen molar-refractivity contribution >= 4 is 22.5 Å². The quantitative estimate of drug-likeness (QED) is 0.666. The lowest BCUT2D eigenvalue weighted by atomic mass is 9.95. The molecule has 0 bridgehead atoms. The number of rotatable bonds is 6. The second kappa shape index (κ2) is 8.36. The maximum atomic E-state index is 12.8. The van der Waals surface area contributed by atoms with Crippen LogP contribution in [0.1, 0.15) is 56.2 Å². The number of anilines is 1. The molecule has 3 aromatic heterocycles. The van der Waals surface area contributed by atoms with Gasteiger partial charge in [0, 0.05) is 36.5 Å². The molecule has 1 saturated heterocycles. The first kappa shape index (κ1) is 19.0. The van der Waals surface area contributed by atoms with Crippen LogP contribution in [0.3, 0.4) is 0 Å². The van der Waals surface area contributed by atoms with Gasteiger partial charge in [-0.2, -0.15) is 9.61 Å². The second-order valence-electron chi connectivity index (χ2n) is 7.31. The maximum absolute atomic E-state index is 12.8. The molecule has 3 atom stereocenters. The highest BCUT2D eigenvalue weighted by atomic mass is 32.2. The fraction of sp³-hybridized carbons (Fsp3) is 0.450. The Bertz CT molecular complexity index is 967. The van der Waals surface area contributed by atoms with Crippen molar-refractivity contribution in [1.82, 2.24) is 24.9 Å². The highest BCUT2D eigenvalue weighted by Crippen LogP contribution is 2.29. The van der Waals surface area contributed by atoms with Crippen molar-refractivity contribution in [2.24, 2.45) is 0 Å². The van der Waals surface area contributed by atoms with Gasteiger partial charge < -0.3 is 5.32 Å². The minimum absolute atomic E-state index is 0.353. The summed E-state index contributed by atoms with van der Waals surface area (Å²) < 4.78 is 17.7. The van der Waals surface area contributed by atoms with Crippen LogP contribution < -0.4 is 10.0 Å². The zero-order valence-electron chi connectivity index (χ0n) is 16.3. The van der Waals surface area contributed by atoms with E-state index in [9.17, 15) is 4.21 Å². The van der Waals surface area contributed by atoms with E-state index in [0.29, 0.717) is 22.5 Å². The van der Waals surface area contributed by atoms with Gasteiger partial charge in [0.2, 0.25) is 0 Å². The van der Waals surface area contributed by atoms with E-state index in [1.165, 1.54) is 0 Å². The van der Waals surface area contributed by atoms with E-state index in [0.717, 1.165) is 49.3 Å². The van der Waals surface area contributed by atoms with Gasteiger partial charge in [0.25, 0.3) is 0 Å². The van der Waals surface area contributed by atoms with Gasteiger partial charge in [0.1, 0.15) is 5.82 Å². The van der Waals surface area contributed by atoms with E-state index in [1.54, 1.807) is 29.0 Å². The Morgan fingerprint density at radius 2 is 2.32 bits per heavy atom. The van der Waals surface area contributed by atoms with Gasteiger partial charge in [-0.1, -0.05) is 13.8 Å². The third-order valence-corrected chi connectivity index (χ3v) is 6.49. The molecule has 3 aromatic rings. The number of hydrogen-bond donors (Lipinski definition) is 2. The van der Waals surface area contributed by atoms with Crippen molar-refractivity contribution in [2.45, 2.75) is 49.8 Å². The lowest BCUT2D eigenvalue weighted by molar-refractivity contribution is 0.455. The molecule has 28 heavy (non-hydrogen) atoms. The average Bonchev–Trinajstić information content (AvgIpc) is 3.18. The lowest BCUT2D eigenvalue weighted by Gasteiger charge is -2.23. The van der Waals surface area contributed by atoms with Gasteiger partial charge in [-0.3, -0.25) is 9.71 Å². The van der Waals surface area contributed by atoms with E-state index in [-0.39, 0.29) is 0 Å². The smallest absolute Gasteiger partial charge is 0.161 e. The Kier molecular flexibility index (Phi) is 5.68. The fourth-order valence-electron chi connectivity index (χ4n) is 3.56. The number of fused-ring (bicyclic) bond motifs is 1. The standard InChI is InChI=1S/C20H26N6OS/c1-3-14(2)17-13-23-26-19(25-28(27)16-7-5-9-22-12-16)10-18(24-20(17)26)15-6-4-8-21-11-15/h5,7,9-10,12-15,21,25H,3-4,6,8,11H2,1-2H3. The average molecular weight is 399 g/mol. The van der Waals surface area contributed by atoms with Gasteiger partial charge >= 0.3 is 0 Å². The first-order valence-corrected chi connectivity index (χ1v) is 11.0. The summed E-state index contributed by atoms with van der Waals surface area (Å²) in [6.45, 7) is 6.33. The lowest BCUT2D eigenvalue weighted by Crippen LogP contribution is -2.29. The van der Waals surface area contributed by atoms with E-state index >= 15 is 0 Å². The zero-order valence-corrected chi connectivity index (χ0v) is 17.1. The predicted octanol–water partition coefficient (Wildman–Crippen LogP) is 3.24. The number of aromatic nitrogens is 4. The summed E-state index contributed by atoms with van der Waals surface area (Å²) in [5.74, 6) is 1.41. The molecular weight excluding hydrogens is 372 g/mol. The van der Waals surface area contributed by atoms with Crippen LogP contribution in [0.5, 0.6) is 0 Å². The van der Waals surface area contributed by atoms with Gasteiger partial charge in [-0.05, 0) is 43.9 Å². The van der Waals surface area contributed by atoms with Crippen LogP contribution in [-0.4, -0.2) is 36.9 Å². The highest BCUT2D eigenvalue weighted by Gasteiger charge is 2.22. The van der Waals surface area contributed by atoms with E-state index in [1.807, 2.05) is 12.3 Å². The van der Waals surface area contributed by atoms with Gasteiger partial charge in [0.05, 0.1) is 16.8 Å². The minimum Gasteiger partial charge on any atom is -0.316 e. The summed E-state index contributed by atoms with van der Waals surface area (Å²) >= 11 is 0. The molecule has 4 rings (SSSR count). The maximum Gasteiger partial charge on any atom is 0.161 e. The molecule has 1 aliphatic rings. The predicted molar refractivity (Wildman–Crippen MR) is 111 cm³/mol. The van der Waals surface area contributed by atoms with Crippen molar-refractivity contribution in [3.8, 4) is 0 Å². The molecule has 0 radical (unpaired) electrons. The zero-order chi connectivity index (χ0) is 19.5. The molecule has 0 spiro atoms. The molecule has 1 fully saturated rings. The Hall–Kier alpha value is -2.32. The molecule has 7 nitrogen and oxygen atoms in total. The summed E-state index contributed by atoms with van der Waals surface area (Å²) in [5.41, 5.74) is 3.00. The molecule has 2 N–H and O–H groups in total. The molecule has 8 heteroatoms. The molecule has 0 aromatic carbocycles. The van der Waals surface area contributed by atoms with Crippen molar-refractivity contribution in [3.05, 3.63) is 48.0 Å². The van der Waals surface area contributed by atoms with E-state index in [2.05, 4.69) is 34.0 Å². The van der Waals surface area contributed by atoms with Gasteiger partial charge in [-0.25, -0.2) is 9.19 Å². The summed E-state index contributed by atoms with van der Waals surface area (Å²) in [5, 5.41) is 8.01. The topological polar surface area (TPSA) is 84.2 Å². The Balaban J connectivity index is 1.77. The number of hydrogen-bond acceptors (Lipinski definition) is 5. The summed E-state index contributed by atoms with van der Waals surface area (Å²) in [4.78, 5) is 9.67. The number of nitrogens with zero attached hydrogens (tertiary/aromatic N) is 4. The molecule has 3 unspecified atom stereocenters. The number of pyridine rings is 1. The summed E-state index contributed by atoms with van der Waals surface area (Å²) in [6, 6.07) is 5.57. The SMILES string of the molecule is CCC(C)c1cnn2c(NS(=O)c3cccnc3)cc(C3CCCNC3)nc12. The Morgan fingerprint density at radius 1 is 1.43 bits per heavy atom. The summed E-state index contributed by atoms with van der Waals surface area (Å²) in [6.07, 6.45) is 8.43. The number of nitrogens with one attached hydrogen (secondary N) is 2. The van der Waals surface area contributed by atoms with Crippen LogP contribution >= 0.6 is 0 Å². The first-order valence-electron chi connectivity index (χ1n) is 9.85. The normalized spacial score (nSPS) is 19.4. The first-order chi connectivity index (χ1) is 13.7. The molecule has 4 heterocycles. The molecule has 0 amide bonds. The molecule has 0 aliphatic carbocycles. The molecule has 0 saturated carbocycles. The van der Waals surface area contributed by atoms with Crippen LogP contribution in [0.4, 0.5) is 5.82 Å². The highest BCUT2D eigenvalue weighted by molar-refractivity contribution is 7.86. The third kappa shape index (κ3) is 3.79. The van der Waals surface area contributed by atoms with E-state index < -0.39 is 11.0 Å². The van der Waals surface area contributed by atoms with Gasteiger partial charge in [-0.15, -0.1) is 0 Å². The molecule has 148 valence electrons. The van der Waals surface area contributed by atoms with Crippen molar-refractivity contribution in [2.75, 3.05) is 17.8 Å².